The fourth-order valence-corrected chi connectivity index (χ4v) is 3.95. The first-order valence-electron chi connectivity index (χ1n) is 7.74. The van der Waals surface area contributed by atoms with Crippen molar-refractivity contribution < 1.29 is 4.79 Å². The van der Waals surface area contributed by atoms with Crippen molar-refractivity contribution in [3.05, 3.63) is 38.8 Å². The molecular weight excluding hydrogens is 367 g/mol. The number of piperazine rings is 1. The molecule has 0 spiro atoms. The molecule has 1 aliphatic heterocycles. The minimum absolute atomic E-state index is 0.0230. The molecule has 3 rings (SSSR count). The number of nitrogens with zero attached hydrogens (tertiary/aromatic N) is 3. The first-order chi connectivity index (χ1) is 11.5. The number of thiazole rings is 1. The van der Waals surface area contributed by atoms with Gasteiger partial charge in [0, 0.05) is 31.9 Å². The van der Waals surface area contributed by atoms with Crippen LogP contribution in [0.3, 0.4) is 0 Å². The number of aryl methyl sites for hydroxylation is 1. The van der Waals surface area contributed by atoms with Crippen LogP contribution in [0.15, 0.2) is 18.2 Å². The van der Waals surface area contributed by atoms with Gasteiger partial charge >= 0.3 is 0 Å². The van der Waals surface area contributed by atoms with Crippen LogP contribution < -0.4 is 10.6 Å². The van der Waals surface area contributed by atoms with Crippen molar-refractivity contribution in [3.8, 4) is 0 Å². The third-order valence-electron chi connectivity index (χ3n) is 4.08. The van der Waals surface area contributed by atoms with Crippen LogP contribution in [-0.4, -0.2) is 42.0 Å². The van der Waals surface area contributed by atoms with Gasteiger partial charge in [-0.3, -0.25) is 4.79 Å². The molecular formula is C16H18Cl2N4OS. The van der Waals surface area contributed by atoms with Crippen LogP contribution in [-0.2, 0) is 6.42 Å². The van der Waals surface area contributed by atoms with Crippen LogP contribution in [0.25, 0.3) is 0 Å². The van der Waals surface area contributed by atoms with E-state index in [4.69, 9.17) is 28.9 Å². The van der Waals surface area contributed by atoms with E-state index in [1.165, 1.54) is 11.3 Å². The Kier molecular flexibility index (Phi) is 5.18. The Morgan fingerprint density at radius 1 is 1.25 bits per heavy atom. The van der Waals surface area contributed by atoms with E-state index in [0.29, 0.717) is 39.6 Å². The molecule has 2 N–H and O–H groups in total. The van der Waals surface area contributed by atoms with Gasteiger partial charge in [0.05, 0.1) is 15.7 Å². The number of aromatic nitrogens is 1. The molecule has 1 saturated heterocycles. The van der Waals surface area contributed by atoms with Gasteiger partial charge in [-0.2, -0.15) is 0 Å². The largest absolute Gasteiger partial charge is 0.375 e. The topological polar surface area (TPSA) is 62.5 Å². The molecule has 1 aromatic carbocycles. The molecule has 0 aliphatic carbocycles. The smallest absolute Gasteiger partial charge is 0.266 e. The maximum Gasteiger partial charge on any atom is 0.266 e. The van der Waals surface area contributed by atoms with Crippen molar-refractivity contribution in [2.75, 3.05) is 36.8 Å². The van der Waals surface area contributed by atoms with Gasteiger partial charge in [-0.15, -0.1) is 0 Å². The number of rotatable bonds is 3. The molecule has 0 radical (unpaired) electrons. The molecule has 1 amide bonds. The molecule has 8 heteroatoms. The zero-order valence-corrected chi connectivity index (χ0v) is 15.6. The van der Waals surface area contributed by atoms with Crippen molar-refractivity contribution in [1.29, 1.82) is 0 Å². The molecule has 1 aromatic heterocycles. The predicted molar refractivity (Wildman–Crippen MR) is 100 cm³/mol. The maximum atomic E-state index is 12.7. The van der Waals surface area contributed by atoms with E-state index in [1.54, 1.807) is 6.07 Å². The number of amides is 1. The average molecular weight is 385 g/mol. The van der Waals surface area contributed by atoms with E-state index in [2.05, 4.69) is 9.88 Å². The maximum absolute atomic E-state index is 12.7. The minimum atomic E-state index is 0.0230. The third-order valence-corrected chi connectivity index (χ3v) is 5.73. The first kappa shape index (κ1) is 17.3. The molecule has 24 heavy (non-hydrogen) atoms. The lowest BCUT2D eigenvalue weighted by molar-refractivity contribution is 0.0750. The summed E-state index contributed by atoms with van der Waals surface area (Å²) in [6.45, 7) is 4.78. The normalized spacial score (nSPS) is 15.0. The molecule has 0 bridgehead atoms. The van der Waals surface area contributed by atoms with E-state index in [-0.39, 0.29) is 5.91 Å². The lowest BCUT2D eigenvalue weighted by Crippen LogP contribution is -2.48. The summed E-state index contributed by atoms with van der Waals surface area (Å²) in [6.07, 6.45) is 0.706. The predicted octanol–water partition coefficient (Wildman–Crippen LogP) is 3.56. The zero-order valence-electron chi connectivity index (χ0n) is 13.3. The van der Waals surface area contributed by atoms with Crippen LogP contribution >= 0.6 is 34.5 Å². The molecule has 0 saturated carbocycles. The van der Waals surface area contributed by atoms with E-state index in [1.807, 2.05) is 24.0 Å². The summed E-state index contributed by atoms with van der Waals surface area (Å²) in [4.78, 5) is 21.7. The number of anilines is 2. The van der Waals surface area contributed by atoms with Gasteiger partial charge in [-0.1, -0.05) is 41.5 Å². The van der Waals surface area contributed by atoms with Crippen molar-refractivity contribution in [2.45, 2.75) is 13.3 Å². The van der Waals surface area contributed by atoms with Crippen LogP contribution in [0.5, 0.6) is 0 Å². The summed E-state index contributed by atoms with van der Waals surface area (Å²) in [5.41, 5.74) is 7.56. The monoisotopic (exact) mass is 384 g/mol. The van der Waals surface area contributed by atoms with Gasteiger partial charge in [0.1, 0.15) is 4.88 Å². The minimum Gasteiger partial charge on any atom is -0.375 e. The molecule has 0 unspecified atom stereocenters. The Labute approximate surface area is 155 Å². The van der Waals surface area contributed by atoms with E-state index >= 15 is 0 Å². The highest BCUT2D eigenvalue weighted by Gasteiger charge is 2.26. The molecule has 5 nitrogen and oxygen atoms in total. The van der Waals surface area contributed by atoms with E-state index in [0.717, 1.165) is 24.5 Å². The zero-order chi connectivity index (χ0) is 17.3. The Hall–Kier alpha value is -1.50. The Morgan fingerprint density at radius 3 is 2.58 bits per heavy atom. The summed E-state index contributed by atoms with van der Waals surface area (Å²) in [6, 6.07) is 5.61. The first-order valence-corrected chi connectivity index (χ1v) is 9.31. The van der Waals surface area contributed by atoms with Gasteiger partial charge in [-0.25, -0.2) is 4.98 Å². The number of benzene rings is 1. The Morgan fingerprint density at radius 2 is 1.96 bits per heavy atom. The highest BCUT2D eigenvalue weighted by Crippen LogP contribution is 2.28. The van der Waals surface area contributed by atoms with E-state index in [9.17, 15) is 4.79 Å². The summed E-state index contributed by atoms with van der Waals surface area (Å²) in [7, 11) is 0. The highest BCUT2D eigenvalue weighted by atomic mass is 35.5. The molecule has 2 aromatic rings. The van der Waals surface area contributed by atoms with Crippen LogP contribution in [0.4, 0.5) is 10.8 Å². The second kappa shape index (κ2) is 7.17. The fourth-order valence-electron chi connectivity index (χ4n) is 2.77. The molecule has 2 heterocycles. The van der Waals surface area contributed by atoms with Crippen molar-refractivity contribution in [2.24, 2.45) is 0 Å². The lowest BCUT2D eigenvalue weighted by Gasteiger charge is -2.36. The quantitative estimate of drug-likeness (QED) is 0.878. The van der Waals surface area contributed by atoms with Crippen molar-refractivity contribution in [3.63, 3.8) is 0 Å². The van der Waals surface area contributed by atoms with Crippen molar-refractivity contribution >= 4 is 51.3 Å². The number of nitrogen functional groups attached to an aromatic ring is 1. The van der Waals surface area contributed by atoms with E-state index < -0.39 is 0 Å². The van der Waals surface area contributed by atoms with Crippen LogP contribution in [0.1, 0.15) is 22.3 Å². The highest BCUT2D eigenvalue weighted by molar-refractivity contribution is 7.17. The van der Waals surface area contributed by atoms with Crippen LogP contribution in [0.2, 0.25) is 10.0 Å². The SMILES string of the molecule is CCc1nc(N)sc1C(=O)N1CCN(c2ccc(Cl)c(Cl)c2)CC1. The van der Waals surface area contributed by atoms with Gasteiger partial charge in [-0.05, 0) is 24.6 Å². The number of carbonyl (C=O) groups is 1. The number of halogens is 2. The fraction of sp³-hybridized carbons (Fsp3) is 0.375. The number of hydrogen-bond donors (Lipinski definition) is 1. The van der Waals surface area contributed by atoms with Gasteiger partial charge in [0.15, 0.2) is 5.13 Å². The summed E-state index contributed by atoms with van der Waals surface area (Å²) < 4.78 is 0. The molecule has 1 aliphatic rings. The number of carbonyl (C=O) groups excluding carboxylic acids is 1. The third kappa shape index (κ3) is 3.45. The number of hydrogen-bond acceptors (Lipinski definition) is 5. The average Bonchev–Trinajstić information content (AvgIpc) is 2.98. The Bertz CT molecular complexity index is 757. The van der Waals surface area contributed by atoms with Crippen LogP contribution in [0, 0.1) is 0 Å². The molecule has 0 atom stereocenters. The summed E-state index contributed by atoms with van der Waals surface area (Å²) >= 11 is 13.3. The van der Waals surface area contributed by atoms with Crippen molar-refractivity contribution in [1.82, 2.24) is 9.88 Å². The molecule has 1 fully saturated rings. The standard InChI is InChI=1S/C16H18Cl2N4OS/c1-2-13-14(24-16(19)20-13)15(23)22-7-5-21(6-8-22)10-3-4-11(17)12(18)9-10/h3-4,9H,2,5-8H2,1H3,(H2,19,20). The summed E-state index contributed by atoms with van der Waals surface area (Å²) in [5, 5.41) is 1.54. The second-order valence-corrected chi connectivity index (χ2v) is 7.40. The van der Waals surface area contributed by atoms with Gasteiger partial charge < -0.3 is 15.5 Å². The Balaban J connectivity index is 1.68. The lowest BCUT2D eigenvalue weighted by atomic mass is 10.2. The summed E-state index contributed by atoms with van der Waals surface area (Å²) in [5.74, 6) is 0.0230. The second-order valence-electron chi connectivity index (χ2n) is 5.56. The van der Waals surface area contributed by atoms with Gasteiger partial charge in [0.2, 0.25) is 0 Å². The number of nitrogens with two attached hydrogens (primary N) is 1. The van der Waals surface area contributed by atoms with Gasteiger partial charge in [0.25, 0.3) is 5.91 Å². The molecule has 128 valence electrons.